The molecule has 0 radical (unpaired) electrons. The molecule has 2 atom stereocenters. The van der Waals surface area contributed by atoms with Crippen molar-refractivity contribution in [3.8, 4) is 0 Å². The molecule has 5 nitrogen and oxygen atoms in total. The van der Waals surface area contributed by atoms with E-state index in [0.29, 0.717) is 6.54 Å². The third-order valence-corrected chi connectivity index (χ3v) is 6.87. The van der Waals surface area contributed by atoms with Gasteiger partial charge in [-0.1, -0.05) is 25.0 Å². The summed E-state index contributed by atoms with van der Waals surface area (Å²) < 4.78 is 0. The number of fused-ring (bicyclic) bond motifs is 2. The van der Waals surface area contributed by atoms with Crippen LogP contribution in [0.3, 0.4) is 0 Å². The number of carbonyl (C=O) groups excluding carboxylic acids is 3. The molecule has 4 rings (SSSR count). The Morgan fingerprint density at radius 1 is 1.04 bits per heavy atom. The minimum atomic E-state index is -0.137. The van der Waals surface area contributed by atoms with E-state index in [1.165, 1.54) is 4.90 Å². The van der Waals surface area contributed by atoms with E-state index < -0.39 is 0 Å². The number of para-hydroxylation sites is 1. The van der Waals surface area contributed by atoms with E-state index >= 15 is 0 Å². The Morgan fingerprint density at radius 3 is 2.46 bits per heavy atom. The maximum absolute atomic E-state index is 12.9. The summed E-state index contributed by atoms with van der Waals surface area (Å²) in [6, 6.07) is 7.96. The van der Waals surface area contributed by atoms with Gasteiger partial charge in [0.1, 0.15) is 0 Å². The summed E-state index contributed by atoms with van der Waals surface area (Å²) in [5.74, 6) is 0.602. The number of likely N-dealkylation sites (tertiary alicyclic amines) is 1. The number of carbonyl (C=O) groups is 3. The highest BCUT2D eigenvalue weighted by Gasteiger charge is 2.47. The molecule has 0 bridgehead atoms. The van der Waals surface area contributed by atoms with E-state index in [-0.39, 0.29) is 42.5 Å². The Bertz CT molecular complexity index is 712. The molecule has 6 heteroatoms. The first kappa shape index (κ1) is 17.6. The zero-order valence-electron chi connectivity index (χ0n) is 14.9. The number of imide groups is 1. The van der Waals surface area contributed by atoms with Gasteiger partial charge in [0.2, 0.25) is 17.7 Å². The fourth-order valence-corrected chi connectivity index (χ4v) is 5.37. The van der Waals surface area contributed by atoms with Crippen molar-refractivity contribution in [3.63, 3.8) is 0 Å². The van der Waals surface area contributed by atoms with Gasteiger partial charge in [-0.25, -0.2) is 0 Å². The minimum Gasteiger partial charge on any atom is -0.311 e. The van der Waals surface area contributed by atoms with Gasteiger partial charge in [-0.2, -0.15) is 0 Å². The summed E-state index contributed by atoms with van der Waals surface area (Å²) in [7, 11) is 0. The lowest BCUT2D eigenvalue weighted by molar-refractivity contribution is -0.140. The van der Waals surface area contributed by atoms with Crippen molar-refractivity contribution in [2.24, 2.45) is 11.8 Å². The number of hydrogen-bond acceptors (Lipinski definition) is 4. The van der Waals surface area contributed by atoms with Crippen molar-refractivity contribution in [1.82, 2.24) is 4.90 Å². The van der Waals surface area contributed by atoms with Crippen LogP contribution in [0.25, 0.3) is 0 Å². The third kappa shape index (κ3) is 3.15. The fraction of sp³-hybridized carbons (Fsp3) is 0.550. The summed E-state index contributed by atoms with van der Waals surface area (Å²) in [5, 5.41) is 0. The van der Waals surface area contributed by atoms with Crippen LogP contribution in [-0.4, -0.2) is 41.5 Å². The van der Waals surface area contributed by atoms with Crippen LogP contribution in [0.15, 0.2) is 29.2 Å². The first-order chi connectivity index (χ1) is 12.7. The number of hydrogen-bond donors (Lipinski definition) is 0. The predicted octanol–water partition coefficient (Wildman–Crippen LogP) is 3.08. The van der Waals surface area contributed by atoms with E-state index in [2.05, 4.69) is 0 Å². The van der Waals surface area contributed by atoms with E-state index in [4.69, 9.17) is 0 Å². The van der Waals surface area contributed by atoms with Gasteiger partial charge in [-0.15, -0.1) is 11.8 Å². The number of amides is 3. The molecule has 2 aliphatic heterocycles. The molecule has 0 aromatic heterocycles. The number of anilines is 1. The first-order valence-corrected chi connectivity index (χ1v) is 10.5. The van der Waals surface area contributed by atoms with E-state index in [1.807, 2.05) is 29.2 Å². The summed E-state index contributed by atoms with van der Waals surface area (Å²) in [4.78, 5) is 42.3. The first-order valence-electron chi connectivity index (χ1n) is 9.54. The largest absolute Gasteiger partial charge is 0.311 e. The van der Waals surface area contributed by atoms with Crippen molar-refractivity contribution < 1.29 is 14.4 Å². The molecule has 2 heterocycles. The summed E-state index contributed by atoms with van der Waals surface area (Å²) in [6.07, 6.45) is 4.82. The van der Waals surface area contributed by atoms with Crippen LogP contribution >= 0.6 is 11.8 Å². The van der Waals surface area contributed by atoms with Gasteiger partial charge in [-0.3, -0.25) is 19.3 Å². The van der Waals surface area contributed by atoms with E-state index in [0.717, 1.165) is 48.4 Å². The van der Waals surface area contributed by atoms with Crippen LogP contribution in [0, 0.1) is 11.8 Å². The SMILES string of the molecule is O=C1[C@@H]2CCCC[C@H]2C(=O)N1CCC(=O)N1CCCSc2ccccc21. The highest BCUT2D eigenvalue weighted by molar-refractivity contribution is 7.99. The van der Waals surface area contributed by atoms with Crippen molar-refractivity contribution in [2.45, 2.75) is 43.4 Å². The van der Waals surface area contributed by atoms with Gasteiger partial charge >= 0.3 is 0 Å². The van der Waals surface area contributed by atoms with E-state index in [1.54, 1.807) is 11.8 Å². The quantitative estimate of drug-likeness (QED) is 0.765. The molecule has 1 aliphatic carbocycles. The Hall–Kier alpha value is -1.82. The standard InChI is InChI=1S/C20H24N2O3S/c23-18(21-11-5-13-26-17-9-4-3-8-16(17)21)10-12-22-19(24)14-6-1-2-7-15(14)20(22)25/h3-4,8-9,14-15H,1-2,5-7,10-13H2/t14-,15-/m1/s1. The molecule has 2 fully saturated rings. The Balaban J connectivity index is 1.44. The van der Waals surface area contributed by atoms with Crippen LogP contribution in [0.4, 0.5) is 5.69 Å². The Morgan fingerprint density at radius 2 is 1.73 bits per heavy atom. The molecule has 1 saturated carbocycles. The van der Waals surface area contributed by atoms with Gasteiger partial charge in [0.05, 0.1) is 17.5 Å². The van der Waals surface area contributed by atoms with Crippen LogP contribution in [0.2, 0.25) is 0 Å². The lowest BCUT2D eigenvalue weighted by atomic mass is 9.81. The van der Waals surface area contributed by atoms with E-state index in [9.17, 15) is 14.4 Å². The molecule has 0 unspecified atom stereocenters. The van der Waals surface area contributed by atoms with Gasteiger partial charge in [0, 0.05) is 24.4 Å². The number of nitrogens with zero attached hydrogens (tertiary/aromatic N) is 2. The lowest BCUT2D eigenvalue weighted by Crippen LogP contribution is -2.38. The van der Waals surface area contributed by atoms with Crippen LogP contribution in [0.1, 0.15) is 38.5 Å². The summed E-state index contributed by atoms with van der Waals surface area (Å²) >= 11 is 1.78. The molecule has 1 aromatic rings. The highest BCUT2D eigenvalue weighted by atomic mass is 32.2. The normalized spacial score (nSPS) is 25.7. The second-order valence-corrected chi connectivity index (χ2v) is 8.43. The zero-order valence-corrected chi connectivity index (χ0v) is 15.7. The fourth-order valence-electron chi connectivity index (χ4n) is 4.38. The van der Waals surface area contributed by atoms with Crippen LogP contribution in [0.5, 0.6) is 0 Å². The Kier molecular flexibility index (Phi) is 5.02. The van der Waals surface area contributed by atoms with Gasteiger partial charge < -0.3 is 4.90 Å². The third-order valence-electron chi connectivity index (χ3n) is 5.72. The maximum Gasteiger partial charge on any atom is 0.233 e. The number of benzene rings is 1. The molecule has 138 valence electrons. The number of rotatable bonds is 3. The Labute approximate surface area is 158 Å². The molecular formula is C20H24N2O3S. The van der Waals surface area contributed by atoms with Crippen LogP contribution < -0.4 is 4.90 Å². The molecule has 0 N–H and O–H groups in total. The van der Waals surface area contributed by atoms with Crippen molar-refractivity contribution in [1.29, 1.82) is 0 Å². The molecule has 3 aliphatic rings. The average Bonchev–Trinajstić information content (AvgIpc) is 2.82. The highest BCUT2D eigenvalue weighted by Crippen LogP contribution is 2.38. The number of thioether (sulfide) groups is 1. The molecular weight excluding hydrogens is 348 g/mol. The summed E-state index contributed by atoms with van der Waals surface area (Å²) in [6.45, 7) is 0.908. The second-order valence-electron chi connectivity index (χ2n) is 7.29. The minimum absolute atomic E-state index is 0.00424. The molecule has 1 saturated heterocycles. The zero-order chi connectivity index (χ0) is 18.1. The molecule has 0 spiro atoms. The van der Waals surface area contributed by atoms with Gasteiger partial charge in [0.25, 0.3) is 0 Å². The monoisotopic (exact) mass is 372 g/mol. The molecule has 3 amide bonds. The molecule has 26 heavy (non-hydrogen) atoms. The topological polar surface area (TPSA) is 57.7 Å². The molecule has 1 aromatic carbocycles. The van der Waals surface area contributed by atoms with Crippen molar-refractivity contribution in [3.05, 3.63) is 24.3 Å². The average molecular weight is 372 g/mol. The van der Waals surface area contributed by atoms with Crippen LogP contribution in [-0.2, 0) is 14.4 Å². The van der Waals surface area contributed by atoms with Crippen molar-refractivity contribution >= 4 is 35.2 Å². The predicted molar refractivity (Wildman–Crippen MR) is 101 cm³/mol. The van der Waals surface area contributed by atoms with Gasteiger partial charge in [-0.05, 0) is 37.1 Å². The van der Waals surface area contributed by atoms with Crippen molar-refractivity contribution in [2.75, 3.05) is 23.7 Å². The maximum atomic E-state index is 12.9. The van der Waals surface area contributed by atoms with Gasteiger partial charge in [0.15, 0.2) is 0 Å². The lowest BCUT2D eigenvalue weighted by Gasteiger charge is -2.23. The smallest absolute Gasteiger partial charge is 0.233 e. The summed E-state index contributed by atoms with van der Waals surface area (Å²) in [5.41, 5.74) is 0.952. The second kappa shape index (κ2) is 7.43.